The molecule has 0 atom stereocenters. The molecule has 0 bridgehead atoms. The molecule has 0 saturated carbocycles. The zero-order chi connectivity index (χ0) is 5.91. The Morgan fingerprint density at radius 2 is 2.00 bits per heavy atom. The van der Waals surface area contributed by atoms with Crippen molar-refractivity contribution < 1.29 is 13.2 Å². The lowest BCUT2D eigenvalue weighted by atomic mass is 10.4. The Labute approximate surface area is 39.6 Å². The van der Waals surface area contributed by atoms with Gasteiger partial charge in [-0.2, -0.15) is 8.78 Å². The third-order valence-electron chi connectivity index (χ3n) is 0.426. The fourth-order valence-electron chi connectivity index (χ4n) is 0.0472. The number of alkyl halides is 3. The largest absolute Gasteiger partial charge is 0.300 e. The molecule has 0 aromatic heterocycles. The molecule has 1 radical (unpaired) electrons. The van der Waals surface area contributed by atoms with Crippen molar-refractivity contribution in [2.24, 2.45) is 0 Å². The summed E-state index contributed by atoms with van der Waals surface area (Å²) in [4.78, 5) is 0. The number of hydrogen-bond acceptors (Lipinski definition) is 0. The van der Waals surface area contributed by atoms with Gasteiger partial charge in [0, 0.05) is 6.08 Å². The summed E-state index contributed by atoms with van der Waals surface area (Å²) in [5.41, 5.74) is 0. The first-order valence-corrected chi connectivity index (χ1v) is 1.60. The van der Waals surface area contributed by atoms with Crippen molar-refractivity contribution in [3.8, 4) is 0 Å². The van der Waals surface area contributed by atoms with E-state index in [4.69, 9.17) is 0 Å². The van der Waals surface area contributed by atoms with Gasteiger partial charge < -0.3 is 0 Å². The second-order valence-corrected chi connectivity index (χ2v) is 1.01. The Kier molecular flexibility index (Phi) is 1.87. The summed E-state index contributed by atoms with van der Waals surface area (Å²) >= 11 is 0. The molecule has 0 nitrogen and oxygen atoms in total. The van der Waals surface area contributed by atoms with Crippen LogP contribution in [0.2, 0.25) is 0 Å². The zero-order valence-electron chi connectivity index (χ0n) is 3.55. The second kappa shape index (κ2) is 2.00. The topological polar surface area (TPSA) is 0 Å². The summed E-state index contributed by atoms with van der Waals surface area (Å²) in [7, 11) is 0. The molecule has 0 aliphatic heterocycles. The summed E-state index contributed by atoms with van der Waals surface area (Å²) in [6, 6.07) is 0. The molecule has 41 valence electrons. The second-order valence-electron chi connectivity index (χ2n) is 1.01. The minimum Gasteiger partial charge on any atom is -0.244 e. The quantitative estimate of drug-likeness (QED) is 0.505. The molecular weight excluding hydrogens is 105 g/mol. The van der Waals surface area contributed by atoms with Crippen LogP contribution in [0, 0.1) is 6.08 Å². The SMILES string of the molecule is C=[C]C(F)(F)CF. The van der Waals surface area contributed by atoms with Crippen LogP contribution in [-0.2, 0) is 0 Å². The third-order valence-corrected chi connectivity index (χ3v) is 0.426. The van der Waals surface area contributed by atoms with Gasteiger partial charge >= 0.3 is 5.92 Å². The average molecular weight is 109 g/mol. The molecule has 0 aromatic rings. The molecule has 0 unspecified atom stereocenters. The average Bonchev–Trinajstić information content (AvgIpc) is 1.68. The molecular formula is C4H4F3. The van der Waals surface area contributed by atoms with Gasteiger partial charge in [-0.1, -0.05) is 6.58 Å². The van der Waals surface area contributed by atoms with E-state index in [0.717, 1.165) is 0 Å². The molecule has 0 saturated heterocycles. The maximum atomic E-state index is 11.3. The molecule has 0 aromatic carbocycles. The van der Waals surface area contributed by atoms with E-state index in [0.29, 0.717) is 0 Å². The lowest BCUT2D eigenvalue weighted by molar-refractivity contribution is 0.0202. The van der Waals surface area contributed by atoms with Gasteiger partial charge in [0.1, 0.15) is 0 Å². The smallest absolute Gasteiger partial charge is 0.244 e. The highest BCUT2D eigenvalue weighted by molar-refractivity contribution is 4.76. The molecule has 0 heterocycles. The van der Waals surface area contributed by atoms with E-state index in [-0.39, 0.29) is 0 Å². The van der Waals surface area contributed by atoms with Gasteiger partial charge in [-0.15, -0.1) is 0 Å². The molecule has 0 amide bonds. The summed E-state index contributed by atoms with van der Waals surface area (Å²) in [5, 5.41) is 0. The minimum absolute atomic E-state index is 1.23. The van der Waals surface area contributed by atoms with Crippen LogP contribution in [0.3, 0.4) is 0 Å². The van der Waals surface area contributed by atoms with E-state index in [1.54, 1.807) is 0 Å². The molecule has 7 heavy (non-hydrogen) atoms. The van der Waals surface area contributed by atoms with Gasteiger partial charge in [0.2, 0.25) is 0 Å². The number of halogens is 3. The highest BCUT2D eigenvalue weighted by Crippen LogP contribution is 2.12. The molecule has 0 aliphatic carbocycles. The van der Waals surface area contributed by atoms with E-state index >= 15 is 0 Å². The maximum Gasteiger partial charge on any atom is 0.300 e. The van der Waals surface area contributed by atoms with Gasteiger partial charge in [-0.25, -0.2) is 4.39 Å². The normalized spacial score (nSPS) is 11.3. The summed E-state index contributed by atoms with van der Waals surface area (Å²) in [6.45, 7) is 0.876. The van der Waals surface area contributed by atoms with E-state index in [9.17, 15) is 13.2 Å². The van der Waals surface area contributed by atoms with E-state index < -0.39 is 12.6 Å². The Morgan fingerprint density at radius 3 is 2.00 bits per heavy atom. The van der Waals surface area contributed by atoms with Crippen molar-refractivity contribution >= 4 is 0 Å². The summed E-state index contributed by atoms with van der Waals surface area (Å²) < 4.78 is 33.6. The molecule has 0 fully saturated rings. The first kappa shape index (κ1) is 6.53. The first-order chi connectivity index (χ1) is 3.12. The van der Waals surface area contributed by atoms with E-state index in [2.05, 4.69) is 6.58 Å². The van der Waals surface area contributed by atoms with E-state index in [1.165, 1.54) is 6.08 Å². The highest BCUT2D eigenvalue weighted by Gasteiger charge is 2.23. The predicted octanol–water partition coefficient (Wildman–Crippen LogP) is 1.58. The Bertz CT molecular complexity index is 67.3. The number of rotatable bonds is 2. The van der Waals surface area contributed by atoms with Crippen molar-refractivity contribution in [2.45, 2.75) is 5.92 Å². The standard InChI is InChI=1S/C4H4F3/c1-2-4(6,7)3-5/h1,3H2. The third kappa shape index (κ3) is 2.25. The van der Waals surface area contributed by atoms with Crippen LogP contribution < -0.4 is 0 Å². The number of hydrogen-bond donors (Lipinski definition) is 0. The zero-order valence-corrected chi connectivity index (χ0v) is 3.55. The van der Waals surface area contributed by atoms with Gasteiger partial charge in [0.15, 0.2) is 6.67 Å². The molecule has 3 heteroatoms. The predicted molar refractivity (Wildman–Crippen MR) is 19.8 cm³/mol. The van der Waals surface area contributed by atoms with Crippen molar-refractivity contribution in [3.63, 3.8) is 0 Å². The van der Waals surface area contributed by atoms with Crippen LogP contribution in [0.25, 0.3) is 0 Å². The summed E-state index contributed by atoms with van der Waals surface area (Å²) in [6.07, 6.45) is 1.23. The monoisotopic (exact) mass is 109 g/mol. The van der Waals surface area contributed by atoms with Gasteiger partial charge in [0.05, 0.1) is 0 Å². The molecule has 0 rings (SSSR count). The van der Waals surface area contributed by atoms with Crippen molar-refractivity contribution in [2.75, 3.05) is 6.67 Å². The Balaban J connectivity index is 3.58. The van der Waals surface area contributed by atoms with Gasteiger partial charge in [0.25, 0.3) is 0 Å². The van der Waals surface area contributed by atoms with Crippen LogP contribution in [-0.4, -0.2) is 12.6 Å². The Hall–Kier alpha value is -0.470. The fraction of sp³-hybridized carbons (Fsp3) is 0.500. The molecule has 0 spiro atoms. The van der Waals surface area contributed by atoms with Crippen LogP contribution in [0.1, 0.15) is 0 Å². The van der Waals surface area contributed by atoms with Crippen LogP contribution in [0.15, 0.2) is 6.58 Å². The number of allylic oxidation sites excluding steroid dienone is 1. The fourth-order valence-corrected chi connectivity index (χ4v) is 0.0472. The first-order valence-electron chi connectivity index (χ1n) is 1.60. The lowest BCUT2D eigenvalue weighted by Gasteiger charge is -2.00. The highest BCUT2D eigenvalue weighted by atomic mass is 19.3. The van der Waals surface area contributed by atoms with Gasteiger partial charge in [-0.05, 0) is 0 Å². The molecule has 0 aliphatic rings. The van der Waals surface area contributed by atoms with Crippen LogP contribution in [0.4, 0.5) is 13.2 Å². The van der Waals surface area contributed by atoms with Crippen molar-refractivity contribution in [1.82, 2.24) is 0 Å². The molecule has 0 N–H and O–H groups in total. The summed E-state index contributed by atoms with van der Waals surface area (Å²) in [5.74, 6) is -3.44. The van der Waals surface area contributed by atoms with Crippen molar-refractivity contribution in [3.05, 3.63) is 12.7 Å². The lowest BCUT2D eigenvalue weighted by Crippen LogP contribution is -2.14. The van der Waals surface area contributed by atoms with E-state index in [1.807, 2.05) is 0 Å². The maximum absolute atomic E-state index is 11.3. The van der Waals surface area contributed by atoms with Crippen LogP contribution >= 0.6 is 0 Å². The van der Waals surface area contributed by atoms with Crippen LogP contribution in [0.5, 0.6) is 0 Å². The Morgan fingerprint density at radius 1 is 1.57 bits per heavy atom. The minimum atomic E-state index is -3.44. The van der Waals surface area contributed by atoms with Gasteiger partial charge in [-0.3, -0.25) is 0 Å². The van der Waals surface area contributed by atoms with Crippen molar-refractivity contribution in [1.29, 1.82) is 0 Å².